The Bertz CT molecular complexity index is 608. The fourth-order valence-electron chi connectivity index (χ4n) is 2.97. The number of rotatable bonds is 6. The molecular formula is C19H32N2O6. The molecule has 0 radical (unpaired) electrons. The molecule has 0 fully saturated rings. The molecule has 0 saturated carbocycles. The fraction of sp³-hybridized carbons (Fsp3) is 0.737. The molecule has 1 aliphatic heterocycles. The molecule has 1 aliphatic rings. The molecule has 0 aromatic heterocycles. The summed E-state index contributed by atoms with van der Waals surface area (Å²) < 4.78 is 10.4. The number of amides is 3. The van der Waals surface area contributed by atoms with E-state index in [9.17, 15) is 19.5 Å². The lowest BCUT2D eigenvalue weighted by Gasteiger charge is -2.32. The third kappa shape index (κ3) is 5.69. The van der Waals surface area contributed by atoms with Gasteiger partial charge in [0.1, 0.15) is 11.4 Å². The largest absolute Gasteiger partial charge is 0.499 e. The Morgan fingerprint density at radius 2 is 1.78 bits per heavy atom. The molecule has 154 valence electrons. The second-order valence-electron chi connectivity index (χ2n) is 8.20. The number of aliphatic hydroxyl groups is 1. The van der Waals surface area contributed by atoms with Gasteiger partial charge in [0.2, 0.25) is 5.91 Å². The number of hydrogen-bond donors (Lipinski definition) is 2. The van der Waals surface area contributed by atoms with Gasteiger partial charge in [0.05, 0.1) is 31.2 Å². The number of ether oxygens (including phenoxy) is 2. The number of nitrogens with one attached hydrogen (secondary N) is 1. The summed E-state index contributed by atoms with van der Waals surface area (Å²) in [6.07, 6.45) is -0.587. The van der Waals surface area contributed by atoms with Gasteiger partial charge in [-0.15, -0.1) is 0 Å². The average molecular weight is 384 g/mol. The van der Waals surface area contributed by atoms with Gasteiger partial charge in [0.25, 0.3) is 5.91 Å². The summed E-state index contributed by atoms with van der Waals surface area (Å²) in [5.74, 6) is -1.53. The summed E-state index contributed by atoms with van der Waals surface area (Å²) in [4.78, 5) is 38.2. The Morgan fingerprint density at radius 3 is 2.22 bits per heavy atom. The first kappa shape index (κ1) is 23.0. The van der Waals surface area contributed by atoms with E-state index in [-0.39, 0.29) is 5.92 Å². The Hall–Kier alpha value is -2.09. The van der Waals surface area contributed by atoms with Crippen LogP contribution in [0.2, 0.25) is 0 Å². The maximum Gasteiger partial charge on any atom is 0.407 e. The topological polar surface area (TPSA) is 105 Å². The molecule has 4 atom stereocenters. The molecule has 27 heavy (non-hydrogen) atoms. The van der Waals surface area contributed by atoms with Crippen LogP contribution in [0.25, 0.3) is 0 Å². The number of carbonyl (C=O) groups is 3. The minimum Gasteiger partial charge on any atom is -0.499 e. The molecule has 0 spiro atoms. The van der Waals surface area contributed by atoms with Crippen molar-refractivity contribution < 1.29 is 29.0 Å². The SMILES string of the molecule is COC1=CC(=O)N(C(=O)[C@H](C)[C@H](O)[C@H](C)NC(=O)OC(C)(C)C)[C@H]1C(C)C. The third-order valence-electron chi connectivity index (χ3n) is 4.34. The van der Waals surface area contributed by atoms with Gasteiger partial charge in [-0.1, -0.05) is 20.8 Å². The highest BCUT2D eigenvalue weighted by Crippen LogP contribution is 2.28. The molecule has 0 aromatic carbocycles. The van der Waals surface area contributed by atoms with E-state index in [1.54, 1.807) is 27.7 Å². The van der Waals surface area contributed by atoms with Crippen molar-refractivity contribution in [2.75, 3.05) is 7.11 Å². The van der Waals surface area contributed by atoms with Crippen LogP contribution in [0.4, 0.5) is 4.79 Å². The zero-order chi connectivity index (χ0) is 21.1. The number of carbonyl (C=O) groups excluding carboxylic acids is 3. The Labute approximate surface area is 160 Å². The molecule has 0 unspecified atom stereocenters. The first-order chi connectivity index (χ1) is 12.3. The van der Waals surface area contributed by atoms with Gasteiger partial charge in [0, 0.05) is 6.08 Å². The second kappa shape index (κ2) is 8.73. The lowest BCUT2D eigenvalue weighted by Crippen LogP contribution is -2.52. The van der Waals surface area contributed by atoms with Gasteiger partial charge in [-0.25, -0.2) is 4.79 Å². The van der Waals surface area contributed by atoms with Crippen molar-refractivity contribution in [2.45, 2.75) is 72.3 Å². The van der Waals surface area contributed by atoms with Crippen molar-refractivity contribution >= 4 is 17.9 Å². The van der Waals surface area contributed by atoms with Crippen molar-refractivity contribution in [3.05, 3.63) is 11.8 Å². The van der Waals surface area contributed by atoms with E-state index in [4.69, 9.17) is 9.47 Å². The van der Waals surface area contributed by atoms with Gasteiger partial charge < -0.3 is 19.9 Å². The van der Waals surface area contributed by atoms with Crippen LogP contribution in [0.3, 0.4) is 0 Å². The number of methoxy groups -OCH3 is 1. The van der Waals surface area contributed by atoms with Crippen LogP contribution in [-0.4, -0.2) is 58.8 Å². The van der Waals surface area contributed by atoms with E-state index in [1.165, 1.54) is 20.1 Å². The first-order valence-electron chi connectivity index (χ1n) is 9.10. The van der Waals surface area contributed by atoms with E-state index in [0.29, 0.717) is 5.76 Å². The number of nitrogens with zero attached hydrogens (tertiary/aromatic N) is 1. The standard InChI is InChI=1S/C19H32N2O6/c1-10(2)15-13(26-8)9-14(22)21(15)17(24)11(3)16(23)12(4)20-18(25)27-19(5,6)7/h9-12,15-16,23H,1-8H3,(H,20,25)/t11-,12+,15+,16+/m1/s1. The third-order valence-corrected chi connectivity index (χ3v) is 4.34. The summed E-state index contributed by atoms with van der Waals surface area (Å²) in [6.45, 7) is 12.0. The molecule has 0 saturated heterocycles. The summed E-state index contributed by atoms with van der Waals surface area (Å²) in [5, 5.41) is 13.0. The maximum atomic E-state index is 12.9. The van der Waals surface area contributed by atoms with Crippen LogP contribution in [-0.2, 0) is 19.1 Å². The van der Waals surface area contributed by atoms with Crippen molar-refractivity contribution in [3.8, 4) is 0 Å². The van der Waals surface area contributed by atoms with E-state index in [2.05, 4.69) is 5.32 Å². The van der Waals surface area contributed by atoms with E-state index < -0.39 is 47.6 Å². The molecule has 2 N–H and O–H groups in total. The fourth-order valence-corrected chi connectivity index (χ4v) is 2.97. The van der Waals surface area contributed by atoms with Crippen LogP contribution in [0.1, 0.15) is 48.5 Å². The normalized spacial score (nSPS) is 20.8. The molecular weight excluding hydrogens is 352 g/mol. The van der Waals surface area contributed by atoms with Gasteiger partial charge in [-0.2, -0.15) is 0 Å². The Kier molecular flexibility index (Phi) is 7.42. The zero-order valence-corrected chi connectivity index (χ0v) is 17.4. The first-order valence-corrected chi connectivity index (χ1v) is 9.10. The van der Waals surface area contributed by atoms with Crippen molar-refractivity contribution in [1.82, 2.24) is 10.2 Å². The lowest BCUT2D eigenvalue weighted by atomic mass is 9.95. The summed E-state index contributed by atoms with van der Waals surface area (Å²) in [5.41, 5.74) is -0.676. The van der Waals surface area contributed by atoms with Crippen LogP contribution in [0, 0.1) is 11.8 Å². The van der Waals surface area contributed by atoms with Gasteiger partial charge in [-0.3, -0.25) is 14.5 Å². The molecule has 3 amide bonds. The molecule has 0 aromatic rings. The predicted octanol–water partition coefficient (Wildman–Crippen LogP) is 1.82. The van der Waals surface area contributed by atoms with Crippen LogP contribution in [0.15, 0.2) is 11.8 Å². The number of imide groups is 1. The highest BCUT2D eigenvalue weighted by Gasteiger charge is 2.43. The molecule has 8 heteroatoms. The monoisotopic (exact) mass is 384 g/mol. The number of alkyl carbamates (subject to hydrolysis) is 1. The quantitative estimate of drug-likeness (QED) is 0.724. The maximum absolute atomic E-state index is 12.9. The van der Waals surface area contributed by atoms with E-state index >= 15 is 0 Å². The number of hydrogen-bond acceptors (Lipinski definition) is 6. The molecule has 1 heterocycles. The Morgan fingerprint density at radius 1 is 1.22 bits per heavy atom. The minimum absolute atomic E-state index is 0.0479. The highest BCUT2D eigenvalue weighted by atomic mass is 16.6. The smallest absolute Gasteiger partial charge is 0.407 e. The van der Waals surface area contributed by atoms with Crippen LogP contribution in [0.5, 0.6) is 0 Å². The van der Waals surface area contributed by atoms with Gasteiger partial charge in [0.15, 0.2) is 0 Å². The average Bonchev–Trinajstić information content (AvgIpc) is 2.87. The van der Waals surface area contributed by atoms with Crippen LogP contribution < -0.4 is 5.32 Å². The molecule has 0 aliphatic carbocycles. The van der Waals surface area contributed by atoms with Crippen molar-refractivity contribution in [1.29, 1.82) is 0 Å². The zero-order valence-electron chi connectivity index (χ0n) is 17.4. The van der Waals surface area contributed by atoms with E-state index in [1.807, 2.05) is 13.8 Å². The van der Waals surface area contributed by atoms with Gasteiger partial charge >= 0.3 is 6.09 Å². The summed E-state index contributed by atoms with van der Waals surface area (Å²) in [6, 6.07) is -1.26. The van der Waals surface area contributed by atoms with Crippen molar-refractivity contribution in [2.24, 2.45) is 11.8 Å². The Balaban J connectivity index is 2.85. The summed E-state index contributed by atoms with van der Waals surface area (Å²) >= 11 is 0. The predicted molar refractivity (Wildman–Crippen MR) is 99.6 cm³/mol. The number of aliphatic hydroxyl groups excluding tert-OH is 1. The van der Waals surface area contributed by atoms with E-state index in [0.717, 1.165) is 4.90 Å². The second-order valence-corrected chi connectivity index (χ2v) is 8.20. The van der Waals surface area contributed by atoms with Gasteiger partial charge in [-0.05, 0) is 33.6 Å². The minimum atomic E-state index is -1.20. The van der Waals surface area contributed by atoms with Crippen LogP contribution >= 0.6 is 0 Å². The highest BCUT2D eigenvalue weighted by molar-refractivity contribution is 6.05. The lowest BCUT2D eigenvalue weighted by molar-refractivity contribution is -0.149. The molecule has 1 rings (SSSR count). The molecule has 8 nitrogen and oxygen atoms in total. The molecule has 0 bridgehead atoms. The van der Waals surface area contributed by atoms with Crippen molar-refractivity contribution in [3.63, 3.8) is 0 Å². The summed E-state index contributed by atoms with van der Waals surface area (Å²) in [7, 11) is 1.45.